The quantitative estimate of drug-likeness (QED) is 0.744. The zero-order valence-electron chi connectivity index (χ0n) is 12.0. The van der Waals surface area contributed by atoms with Gasteiger partial charge in [0.2, 0.25) is 0 Å². The third kappa shape index (κ3) is 2.60. The largest absolute Gasteiger partial charge is 0.334 e. The molecule has 2 amide bonds. The summed E-state index contributed by atoms with van der Waals surface area (Å²) in [5.74, 6) is 0.287. The van der Waals surface area contributed by atoms with Gasteiger partial charge in [0.05, 0.1) is 16.1 Å². The number of anilines is 2. The lowest BCUT2D eigenvalue weighted by Crippen LogP contribution is -2.19. The zero-order valence-corrected chi connectivity index (χ0v) is 12.7. The second-order valence-electron chi connectivity index (χ2n) is 4.79. The van der Waals surface area contributed by atoms with Crippen LogP contribution in [0.5, 0.6) is 0 Å². The number of aromatic nitrogens is 2. The number of aryl methyl sites for hydroxylation is 2. The van der Waals surface area contributed by atoms with E-state index in [-0.39, 0.29) is 5.82 Å². The molecule has 0 aliphatic rings. The van der Waals surface area contributed by atoms with E-state index in [9.17, 15) is 4.79 Å². The van der Waals surface area contributed by atoms with Crippen LogP contribution in [0.15, 0.2) is 34.9 Å². The Balaban J connectivity index is 1.88. The summed E-state index contributed by atoms with van der Waals surface area (Å²) in [4.78, 5) is 16.2. The van der Waals surface area contributed by atoms with E-state index >= 15 is 0 Å². The van der Waals surface area contributed by atoms with Crippen molar-refractivity contribution in [2.24, 2.45) is 0 Å². The Morgan fingerprint density at radius 3 is 2.64 bits per heavy atom. The van der Waals surface area contributed by atoms with Gasteiger partial charge in [-0.3, -0.25) is 5.32 Å². The number of carbonyl (C=O) groups excluding carboxylic acids is 1. The molecule has 0 saturated heterocycles. The Morgan fingerprint density at radius 2 is 1.91 bits per heavy atom. The number of nitrogens with one attached hydrogen (secondary N) is 2. The Labute approximate surface area is 131 Å². The summed E-state index contributed by atoms with van der Waals surface area (Å²) in [6.45, 7) is 3.61. The lowest BCUT2D eigenvalue weighted by atomic mass is 10.2. The normalized spacial score (nSPS) is 10.7. The van der Waals surface area contributed by atoms with E-state index in [4.69, 9.17) is 16.1 Å². The molecule has 1 aromatic carbocycles. The van der Waals surface area contributed by atoms with Crippen LogP contribution in [0.25, 0.3) is 11.1 Å². The lowest BCUT2D eigenvalue weighted by Gasteiger charge is -2.06. The molecule has 0 bridgehead atoms. The summed E-state index contributed by atoms with van der Waals surface area (Å²) in [7, 11) is 0. The number of rotatable bonds is 2. The lowest BCUT2D eigenvalue weighted by molar-refractivity contribution is 0.262. The number of benzene rings is 1. The zero-order chi connectivity index (χ0) is 15.7. The summed E-state index contributed by atoms with van der Waals surface area (Å²) >= 11 is 6.19. The second kappa shape index (κ2) is 5.65. The number of carbonyl (C=O) groups is 1. The maximum Gasteiger partial charge on any atom is 0.324 e. The van der Waals surface area contributed by atoms with Gasteiger partial charge in [0.25, 0.3) is 5.71 Å². The first kappa shape index (κ1) is 14.3. The molecule has 0 aliphatic heterocycles. The van der Waals surface area contributed by atoms with Gasteiger partial charge < -0.3 is 9.84 Å². The molecule has 0 fully saturated rings. The molecule has 0 saturated carbocycles. The van der Waals surface area contributed by atoms with Gasteiger partial charge in [-0.25, -0.2) is 9.78 Å². The van der Waals surface area contributed by atoms with E-state index in [0.29, 0.717) is 27.5 Å². The van der Waals surface area contributed by atoms with Crippen LogP contribution in [-0.4, -0.2) is 16.2 Å². The second-order valence-corrected chi connectivity index (χ2v) is 5.17. The van der Waals surface area contributed by atoms with Crippen LogP contribution in [0, 0.1) is 13.8 Å². The number of amides is 2. The first-order valence-corrected chi connectivity index (χ1v) is 6.99. The van der Waals surface area contributed by atoms with Crippen molar-refractivity contribution >= 4 is 40.2 Å². The van der Waals surface area contributed by atoms with Gasteiger partial charge in [0.1, 0.15) is 0 Å². The molecule has 3 aromatic rings. The number of halogens is 1. The van der Waals surface area contributed by atoms with E-state index in [2.05, 4.69) is 20.8 Å². The molecule has 0 radical (unpaired) electrons. The van der Waals surface area contributed by atoms with Gasteiger partial charge in [0.15, 0.2) is 5.82 Å². The van der Waals surface area contributed by atoms with Crippen molar-refractivity contribution in [3.8, 4) is 0 Å². The fraction of sp³-hybridized carbons (Fsp3) is 0.133. The Morgan fingerprint density at radius 1 is 1.18 bits per heavy atom. The Hall–Kier alpha value is -2.60. The minimum Gasteiger partial charge on any atom is -0.334 e. The number of para-hydroxylation sites is 1. The minimum absolute atomic E-state index is 0.287. The predicted octanol–water partition coefficient (Wildman–Crippen LogP) is 4.14. The summed E-state index contributed by atoms with van der Waals surface area (Å²) < 4.78 is 5.15. The number of nitrogens with zero attached hydrogens (tertiary/aromatic N) is 2. The molecule has 2 heterocycles. The summed E-state index contributed by atoms with van der Waals surface area (Å²) in [6.07, 6.45) is 0. The third-order valence-corrected chi connectivity index (χ3v) is 3.79. The molecule has 0 unspecified atom stereocenters. The van der Waals surface area contributed by atoms with Gasteiger partial charge in [-0.05, 0) is 31.5 Å². The van der Waals surface area contributed by atoms with Crippen molar-refractivity contribution in [2.45, 2.75) is 13.8 Å². The van der Waals surface area contributed by atoms with Crippen molar-refractivity contribution in [1.29, 1.82) is 0 Å². The van der Waals surface area contributed by atoms with Crippen molar-refractivity contribution in [1.82, 2.24) is 10.1 Å². The van der Waals surface area contributed by atoms with Crippen LogP contribution in [0.3, 0.4) is 0 Å². The first-order valence-electron chi connectivity index (χ1n) is 6.61. The van der Waals surface area contributed by atoms with Gasteiger partial charge in [-0.15, -0.1) is 0 Å². The fourth-order valence-electron chi connectivity index (χ4n) is 2.15. The van der Waals surface area contributed by atoms with E-state index in [1.165, 1.54) is 0 Å². The van der Waals surface area contributed by atoms with E-state index < -0.39 is 6.03 Å². The monoisotopic (exact) mass is 316 g/mol. The van der Waals surface area contributed by atoms with E-state index in [1.54, 1.807) is 19.1 Å². The molecule has 7 heteroatoms. The van der Waals surface area contributed by atoms with Crippen LogP contribution in [0.1, 0.15) is 11.3 Å². The fourth-order valence-corrected chi connectivity index (χ4v) is 2.29. The molecule has 0 spiro atoms. The molecule has 112 valence electrons. The minimum atomic E-state index is -0.419. The molecule has 3 rings (SSSR count). The number of pyridine rings is 1. The highest BCUT2D eigenvalue weighted by molar-refractivity contribution is 6.33. The van der Waals surface area contributed by atoms with E-state index in [1.807, 2.05) is 25.1 Å². The number of fused-ring (bicyclic) bond motifs is 1. The number of hydrogen-bond acceptors (Lipinski definition) is 4. The smallest absolute Gasteiger partial charge is 0.324 e. The van der Waals surface area contributed by atoms with Crippen molar-refractivity contribution in [3.63, 3.8) is 0 Å². The molecule has 2 N–H and O–H groups in total. The highest BCUT2D eigenvalue weighted by Crippen LogP contribution is 2.31. The van der Waals surface area contributed by atoms with Gasteiger partial charge in [-0.2, -0.15) is 0 Å². The molecule has 22 heavy (non-hydrogen) atoms. The maximum absolute atomic E-state index is 12.0. The van der Waals surface area contributed by atoms with Crippen LogP contribution >= 0.6 is 11.6 Å². The molecular formula is C15H13ClN4O2. The Kier molecular flexibility index (Phi) is 3.68. The highest BCUT2D eigenvalue weighted by atomic mass is 35.5. The molecular weight excluding hydrogens is 304 g/mol. The SMILES string of the molecule is Cc1nc2onc(NC(=O)Nc3ccccc3)c2c(C)c1Cl. The third-order valence-electron chi connectivity index (χ3n) is 3.23. The Bertz CT molecular complexity index is 846. The van der Waals surface area contributed by atoms with Crippen molar-refractivity contribution in [3.05, 3.63) is 46.6 Å². The van der Waals surface area contributed by atoms with Gasteiger partial charge in [0, 0.05) is 5.69 Å². The molecule has 6 nitrogen and oxygen atoms in total. The highest BCUT2D eigenvalue weighted by Gasteiger charge is 2.18. The standard InChI is InChI=1S/C15H13ClN4O2/c1-8-11-13(20-22-14(11)17-9(2)12(8)16)19-15(21)18-10-6-4-3-5-7-10/h3-7H,1-2H3,(H2,18,19,20,21). The van der Waals surface area contributed by atoms with E-state index in [0.717, 1.165) is 5.56 Å². The average molecular weight is 317 g/mol. The van der Waals surface area contributed by atoms with Crippen LogP contribution in [-0.2, 0) is 0 Å². The van der Waals surface area contributed by atoms with Crippen LogP contribution < -0.4 is 10.6 Å². The van der Waals surface area contributed by atoms with Crippen LogP contribution in [0.4, 0.5) is 16.3 Å². The van der Waals surface area contributed by atoms with Gasteiger partial charge >= 0.3 is 6.03 Å². The number of urea groups is 1. The maximum atomic E-state index is 12.0. The number of hydrogen-bond donors (Lipinski definition) is 2. The molecule has 0 aliphatic carbocycles. The first-order chi connectivity index (χ1) is 10.6. The summed E-state index contributed by atoms with van der Waals surface area (Å²) in [5, 5.41) is 10.3. The van der Waals surface area contributed by atoms with Gasteiger partial charge in [-0.1, -0.05) is 35.0 Å². The average Bonchev–Trinajstić information content (AvgIpc) is 2.88. The van der Waals surface area contributed by atoms with Crippen LogP contribution in [0.2, 0.25) is 5.02 Å². The topological polar surface area (TPSA) is 80.1 Å². The summed E-state index contributed by atoms with van der Waals surface area (Å²) in [5.41, 5.74) is 2.44. The predicted molar refractivity (Wildman–Crippen MR) is 85.4 cm³/mol. The molecule has 2 aromatic heterocycles. The summed E-state index contributed by atoms with van der Waals surface area (Å²) in [6, 6.07) is 8.68. The molecule has 0 atom stereocenters. The van der Waals surface area contributed by atoms with Crippen molar-refractivity contribution < 1.29 is 9.32 Å². The van der Waals surface area contributed by atoms with Crippen molar-refractivity contribution in [2.75, 3.05) is 10.6 Å².